The molecule has 0 saturated carbocycles. The maximum absolute atomic E-state index is 14.2. The Labute approximate surface area is 378 Å². The maximum Gasteiger partial charge on any atom is 0.185 e. The van der Waals surface area contributed by atoms with E-state index in [2.05, 4.69) is 30.8 Å². The van der Waals surface area contributed by atoms with E-state index < -0.39 is 29.7 Å². The zero-order chi connectivity index (χ0) is 44.0. The lowest BCUT2D eigenvalue weighted by Crippen LogP contribution is -2.55. The largest absolute Gasteiger partial charge is 0.489 e. The van der Waals surface area contributed by atoms with Crippen molar-refractivity contribution >= 4 is 49.2 Å². The number of benzene rings is 10. The Kier molecular flexibility index (Phi) is 10.3. The Hall–Kier alpha value is -7.38. The molecule has 0 unspecified atom stereocenters. The Bertz CT molecular complexity index is 3040. The molecule has 11 rings (SSSR count). The van der Waals surface area contributed by atoms with E-state index in [0.29, 0.717) is 40.2 Å². The van der Waals surface area contributed by atoms with Gasteiger partial charge in [0.05, 0.1) is 0 Å². The molecule has 0 radical (unpaired) electrons. The van der Waals surface area contributed by atoms with E-state index in [1.165, 1.54) is 0 Å². The van der Waals surface area contributed by atoms with Crippen LogP contribution in [0.5, 0.6) is 5.75 Å². The molecule has 2 N–H and O–H groups in total. The summed E-state index contributed by atoms with van der Waals surface area (Å²) in [4.78, 5) is 0. The fourth-order valence-corrected chi connectivity index (χ4v) is 9.60. The fourth-order valence-electron chi connectivity index (χ4n) is 9.60. The number of aliphatic hydroxyl groups is 2. The average Bonchev–Trinajstić information content (AvgIpc) is 3.84. The van der Waals surface area contributed by atoms with Crippen LogP contribution in [0.25, 0.3) is 49.2 Å². The van der Waals surface area contributed by atoms with Gasteiger partial charge < -0.3 is 24.4 Å². The summed E-state index contributed by atoms with van der Waals surface area (Å²) in [6, 6.07) is 72.3. The summed E-state index contributed by atoms with van der Waals surface area (Å²) in [5, 5.41) is 36.3. The van der Waals surface area contributed by atoms with Gasteiger partial charge in [-0.15, -0.1) is 0 Å². The number of ether oxygens (including phenoxy) is 3. The van der Waals surface area contributed by atoms with Gasteiger partial charge in [-0.25, -0.2) is 0 Å². The molecule has 5 nitrogen and oxygen atoms in total. The molecule has 316 valence electrons. The topological polar surface area (TPSA) is 68.2 Å². The molecule has 0 bridgehead atoms. The van der Waals surface area contributed by atoms with Crippen LogP contribution in [-0.2, 0) is 27.3 Å². The quantitative estimate of drug-likeness (QED) is 0.136. The van der Waals surface area contributed by atoms with Crippen LogP contribution in [0.3, 0.4) is 0 Å². The third-order valence-corrected chi connectivity index (χ3v) is 13.1. The lowest BCUT2D eigenvalue weighted by Gasteiger charge is -2.43. The molecule has 1 aliphatic rings. The van der Waals surface area contributed by atoms with Gasteiger partial charge in [0.25, 0.3) is 0 Å². The minimum absolute atomic E-state index is 0.353. The van der Waals surface area contributed by atoms with Crippen molar-refractivity contribution in [3.8, 4) is 5.75 Å². The highest BCUT2D eigenvalue weighted by molar-refractivity contribution is 5.87. The zero-order valence-corrected chi connectivity index (χ0v) is 35.6. The predicted octanol–water partition coefficient (Wildman–Crippen LogP) is 13.2. The molecule has 1 saturated heterocycles. The van der Waals surface area contributed by atoms with Crippen LogP contribution < -0.4 is 4.74 Å². The normalized spacial score (nSPS) is 15.8. The van der Waals surface area contributed by atoms with Crippen molar-refractivity contribution in [2.24, 2.45) is 0 Å². The van der Waals surface area contributed by atoms with Crippen molar-refractivity contribution < 1.29 is 24.4 Å². The van der Waals surface area contributed by atoms with Crippen molar-refractivity contribution in [2.45, 2.75) is 36.3 Å². The molecular formula is C60H46O5. The first-order valence-corrected chi connectivity index (χ1v) is 22.0. The van der Waals surface area contributed by atoms with Crippen LogP contribution in [0, 0.1) is 0 Å². The summed E-state index contributed by atoms with van der Waals surface area (Å²) >= 11 is 0. The zero-order valence-electron chi connectivity index (χ0n) is 35.6. The van der Waals surface area contributed by atoms with Crippen LogP contribution in [-0.4, -0.2) is 22.4 Å². The minimum atomic E-state index is -1.87. The molecule has 0 aromatic heterocycles. The van der Waals surface area contributed by atoms with Gasteiger partial charge in [0, 0.05) is 5.56 Å². The molecule has 65 heavy (non-hydrogen) atoms. The number of hydrogen-bond acceptors (Lipinski definition) is 5. The first-order valence-electron chi connectivity index (χ1n) is 22.0. The number of fused-ring (bicyclic) bond motifs is 4. The molecule has 10 aromatic rings. The second-order valence-electron chi connectivity index (χ2n) is 17.0. The lowest BCUT2D eigenvalue weighted by atomic mass is 9.71. The molecule has 0 aliphatic carbocycles. The van der Waals surface area contributed by atoms with Crippen LogP contribution in [0.4, 0.5) is 0 Å². The monoisotopic (exact) mass is 846 g/mol. The van der Waals surface area contributed by atoms with Crippen LogP contribution in [0.15, 0.2) is 225 Å². The average molecular weight is 847 g/mol. The van der Waals surface area contributed by atoms with E-state index in [9.17, 15) is 10.2 Å². The Balaban J connectivity index is 1.12. The van der Waals surface area contributed by atoms with E-state index in [0.717, 1.165) is 54.2 Å². The molecule has 1 heterocycles. The summed E-state index contributed by atoms with van der Waals surface area (Å²) in [6.45, 7) is 4.23. The van der Waals surface area contributed by atoms with Gasteiger partial charge in [0.1, 0.15) is 35.8 Å². The third kappa shape index (κ3) is 7.35. The van der Waals surface area contributed by atoms with Gasteiger partial charge >= 0.3 is 0 Å². The van der Waals surface area contributed by atoms with Gasteiger partial charge in [0.15, 0.2) is 6.29 Å². The number of hydrogen-bond donors (Lipinski definition) is 2. The number of rotatable bonds is 11. The molecule has 2 atom stereocenters. The molecule has 10 aromatic carbocycles. The second-order valence-corrected chi connectivity index (χ2v) is 17.0. The second kappa shape index (κ2) is 16.6. The van der Waals surface area contributed by atoms with Crippen LogP contribution in [0.2, 0.25) is 0 Å². The van der Waals surface area contributed by atoms with E-state index in [1.54, 1.807) is 0 Å². The van der Waals surface area contributed by atoms with Crippen molar-refractivity contribution in [3.63, 3.8) is 0 Å². The highest BCUT2D eigenvalue weighted by Crippen LogP contribution is 2.52. The van der Waals surface area contributed by atoms with E-state index in [-0.39, 0.29) is 0 Å². The van der Waals surface area contributed by atoms with Gasteiger partial charge in [-0.2, -0.15) is 0 Å². The van der Waals surface area contributed by atoms with Gasteiger partial charge in [-0.1, -0.05) is 195 Å². The van der Waals surface area contributed by atoms with Crippen molar-refractivity contribution in [2.75, 3.05) is 0 Å². The smallest absolute Gasteiger partial charge is 0.185 e. The first kappa shape index (κ1) is 40.4. The van der Waals surface area contributed by atoms with E-state index in [1.807, 2.05) is 200 Å². The van der Waals surface area contributed by atoms with Crippen molar-refractivity contribution in [1.29, 1.82) is 0 Å². The summed E-state index contributed by atoms with van der Waals surface area (Å²) in [6.07, 6.45) is -1.59. The van der Waals surface area contributed by atoms with E-state index >= 15 is 0 Å². The molecule has 0 amide bonds. The maximum atomic E-state index is 14.2. The SMILES string of the molecule is C=Cc1ccc(COc2cccc(C3O[C@H](C(O)(c4ccc5ccccc5c4)c4ccc5ccccc5c4)[C@@H](C(O)(c4ccc5ccccc5c4)c4ccc5ccccc5c4)O3)c2)cc1. The molecular weight excluding hydrogens is 801 g/mol. The summed E-state index contributed by atoms with van der Waals surface area (Å²) < 4.78 is 20.9. The Morgan fingerprint density at radius 3 is 1.20 bits per heavy atom. The van der Waals surface area contributed by atoms with Crippen molar-refractivity contribution in [1.82, 2.24) is 0 Å². The van der Waals surface area contributed by atoms with Crippen LogP contribution >= 0.6 is 0 Å². The van der Waals surface area contributed by atoms with Crippen molar-refractivity contribution in [3.05, 3.63) is 264 Å². The summed E-state index contributed by atoms with van der Waals surface area (Å²) in [7, 11) is 0. The summed E-state index contributed by atoms with van der Waals surface area (Å²) in [5.41, 5.74) is 1.39. The Morgan fingerprint density at radius 1 is 0.431 bits per heavy atom. The standard InChI is InChI=1S/C60H46O5/c1-2-40-22-24-41(25-23-40)39-63-55-21-11-20-50(38-55)58-64-56(59(61,51-30-26-42-12-3-7-16-46(42)34-51)52-31-27-43-13-4-8-17-47(43)35-52)57(65-58)60(62,53-32-28-44-14-5-9-18-48(44)36-53)54-33-29-45-15-6-10-19-49(45)37-54/h2-38,56-58,61-62H,1,39H2/t56-,57-/m0/s1. The van der Waals surface area contributed by atoms with E-state index in [4.69, 9.17) is 14.2 Å². The minimum Gasteiger partial charge on any atom is -0.489 e. The molecule has 5 heteroatoms. The van der Waals surface area contributed by atoms with Gasteiger partial charge in [-0.3, -0.25) is 0 Å². The molecule has 1 aliphatic heterocycles. The lowest BCUT2D eigenvalue weighted by molar-refractivity contribution is -0.110. The summed E-state index contributed by atoms with van der Waals surface area (Å²) in [5.74, 6) is 0.626. The highest BCUT2D eigenvalue weighted by Gasteiger charge is 2.60. The highest BCUT2D eigenvalue weighted by atomic mass is 16.7. The van der Waals surface area contributed by atoms with Gasteiger partial charge in [0.2, 0.25) is 0 Å². The third-order valence-electron chi connectivity index (χ3n) is 13.1. The Morgan fingerprint density at radius 2 is 0.815 bits per heavy atom. The fraction of sp³-hybridized carbons (Fsp3) is 0.100. The first-order chi connectivity index (χ1) is 31.9. The van der Waals surface area contributed by atoms with Crippen LogP contribution in [0.1, 0.15) is 45.2 Å². The predicted molar refractivity (Wildman–Crippen MR) is 262 cm³/mol. The van der Waals surface area contributed by atoms with Gasteiger partial charge in [-0.05, 0) is 113 Å². The molecule has 1 fully saturated rings. The molecule has 0 spiro atoms.